The maximum absolute atomic E-state index is 12.9. The van der Waals surface area contributed by atoms with E-state index in [2.05, 4.69) is 12.2 Å². The van der Waals surface area contributed by atoms with Crippen LogP contribution in [0.15, 0.2) is 18.2 Å². The monoisotopic (exact) mass is 223 g/mol. The number of ether oxygens (including phenoxy) is 1. The first-order valence-corrected chi connectivity index (χ1v) is 5.68. The molecule has 16 heavy (non-hydrogen) atoms. The number of methoxy groups -OCH3 is 1. The standard InChI is InChI=1S/C13H18FNO/c1-13(6-3-7-15-13)11-4-5-12(16-2)10(8-11)9-14/h4-5,8,15H,3,6-7,9H2,1-2H3. The molecule has 0 spiro atoms. The van der Waals surface area contributed by atoms with Crippen molar-refractivity contribution in [3.8, 4) is 5.75 Å². The molecule has 0 radical (unpaired) electrons. The average Bonchev–Trinajstić information content (AvgIpc) is 2.76. The average molecular weight is 223 g/mol. The van der Waals surface area contributed by atoms with Crippen LogP contribution in [0.1, 0.15) is 30.9 Å². The largest absolute Gasteiger partial charge is 0.496 e. The molecule has 0 bridgehead atoms. The lowest BCUT2D eigenvalue weighted by Gasteiger charge is -2.25. The Bertz CT molecular complexity index is 372. The van der Waals surface area contributed by atoms with Gasteiger partial charge in [-0.05, 0) is 44.0 Å². The van der Waals surface area contributed by atoms with Gasteiger partial charge in [0.1, 0.15) is 12.4 Å². The highest BCUT2D eigenvalue weighted by Gasteiger charge is 2.30. The summed E-state index contributed by atoms with van der Waals surface area (Å²) in [5.41, 5.74) is 1.78. The van der Waals surface area contributed by atoms with Crippen LogP contribution < -0.4 is 10.1 Å². The van der Waals surface area contributed by atoms with Gasteiger partial charge in [-0.25, -0.2) is 4.39 Å². The van der Waals surface area contributed by atoms with E-state index in [9.17, 15) is 4.39 Å². The Morgan fingerprint density at radius 1 is 1.50 bits per heavy atom. The lowest BCUT2D eigenvalue weighted by Crippen LogP contribution is -2.33. The van der Waals surface area contributed by atoms with Crippen LogP contribution in [0.2, 0.25) is 0 Å². The van der Waals surface area contributed by atoms with Crippen molar-refractivity contribution >= 4 is 0 Å². The van der Waals surface area contributed by atoms with Gasteiger partial charge in [0.25, 0.3) is 0 Å². The Kier molecular flexibility index (Phi) is 3.15. The van der Waals surface area contributed by atoms with Crippen molar-refractivity contribution in [2.75, 3.05) is 13.7 Å². The Hall–Kier alpha value is -1.09. The number of alkyl halides is 1. The van der Waals surface area contributed by atoms with Gasteiger partial charge in [0, 0.05) is 11.1 Å². The smallest absolute Gasteiger partial charge is 0.124 e. The molecule has 1 unspecified atom stereocenters. The van der Waals surface area contributed by atoms with E-state index < -0.39 is 6.67 Å². The Labute approximate surface area is 95.8 Å². The molecular formula is C13H18FNO. The highest BCUT2D eigenvalue weighted by atomic mass is 19.1. The summed E-state index contributed by atoms with van der Waals surface area (Å²) in [6, 6.07) is 5.79. The lowest BCUT2D eigenvalue weighted by molar-refractivity contribution is 0.390. The van der Waals surface area contributed by atoms with Crippen molar-refractivity contribution in [1.82, 2.24) is 5.32 Å². The van der Waals surface area contributed by atoms with Gasteiger partial charge in [-0.1, -0.05) is 6.07 Å². The lowest BCUT2D eigenvalue weighted by atomic mass is 9.89. The minimum absolute atomic E-state index is 0.00378. The maximum atomic E-state index is 12.9. The predicted octanol–water partition coefficient (Wildman–Crippen LogP) is 2.76. The SMILES string of the molecule is COc1ccc(C2(C)CCCN2)cc1CF. The predicted molar refractivity (Wildman–Crippen MR) is 62.4 cm³/mol. The summed E-state index contributed by atoms with van der Waals surface area (Å²) in [5.74, 6) is 0.632. The zero-order chi connectivity index (χ0) is 11.6. The quantitative estimate of drug-likeness (QED) is 0.850. The van der Waals surface area contributed by atoms with Crippen molar-refractivity contribution in [2.24, 2.45) is 0 Å². The van der Waals surface area contributed by atoms with Crippen LogP contribution in [-0.4, -0.2) is 13.7 Å². The Balaban J connectivity index is 2.35. The van der Waals surface area contributed by atoms with E-state index in [0.717, 1.165) is 18.5 Å². The molecule has 0 aliphatic carbocycles. The summed E-state index contributed by atoms with van der Waals surface area (Å²) in [4.78, 5) is 0. The molecule has 0 aromatic heterocycles. The highest BCUT2D eigenvalue weighted by Crippen LogP contribution is 2.33. The molecule has 1 saturated heterocycles. The van der Waals surface area contributed by atoms with Crippen molar-refractivity contribution in [3.05, 3.63) is 29.3 Å². The van der Waals surface area contributed by atoms with Gasteiger partial charge in [-0.15, -0.1) is 0 Å². The van der Waals surface area contributed by atoms with Crippen LogP contribution in [0.3, 0.4) is 0 Å². The molecule has 88 valence electrons. The van der Waals surface area contributed by atoms with Crippen molar-refractivity contribution in [1.29, 1.82) is 0 Å². The van der Waals surface area contributed by atoms with E-state index >= 15 is 0 Å². The van der Waals surface area contributed by atoms with E-state index in [4.69, 9.17) is 4.74 Å². The van der Waals surface area contributed by atoms with Gasteiger partial charge in [0.05, 0.1) is 7.11 Å². The van der Waals surface area contributed by atoms with E-state index in [-0.39, 0.29) is 5.54 Å². The molecule has 1 fully saturated rings. The topological polar surface area (TPSA) is 21.3 Å². The number of rotatable bonds is 3. The Morgan fingerprint density at radius 3 is 2.88 bits per heavy atom. The summed E-state index contributed by atoms with van der Waals surface area (Å²) in [7, 11) is 1.57. The molecular weight excluding hydrogens is 205 g/mol. The fraction of sp³-hybridized carbons (Fsp3) is 0.538. The van der Waals surface area contributed by atoms with Crippen LogP contribution in [0.4, 0.5) is 4.39 Å². The molecule has 0 amide bonds. The molecule has 1 N–H and O–H groups in total. The summed E-state index contributed by atoms with van der Waals surface area (Å²) >= 11 is 0. The number of hydrogen-bond donors (Lipinski definition) is 1. The van der Waals surface area contributed by atoms with Gasteiger partial charge < -0.3 is 10.1 Å². The van der Waals surface area contributed by atoms with Crippen molar-refractivity contribution in [3.63, 3.8) is 0 Å². The summed E-state index contributed by atoms with van der Waals surface area (Å²) < 4.78 is 18.0. The molecule has 0 saturated carbocycles. The van der Waals surface area contributed by atoms with Crippen molar-refractivity contribution < 1.29 is 9.13 Å². The summed E-state index contributed by atoms with van der Waals surface area (Å²) in [6.45, 7) is 2.73. The second-order valence-electron chi connectivity index (χ2n) is 4.52. The number of halogens is 1. The van der Waals surface area contributed by atoms with Crippen LogP contribution >= 0.6 is 0 Å². The number of benzene rings is 1. The first kappa shape index (κ1) is 11.4. The molecule has 1 aromatic carbocycles. The number of hydrogen-bond acceptors (Lipinski definition) is 2. The third-order valence-corrected chi connectivity index (χ3v) is 3.43. The van der Waals surface area contributed by atoms with E-state index in [1.165, 1.54) is 6.42 Å². The fourth-order valence-corrected chi connectivity index (χ4v) is 2.37. The van der Waals surface area contributed by atoms with Gasteiger partial charge in [-0.2, -0.15) is 0 Å². The normalized spacial score (nSPS) is 24.7. The van der Waals surface area contributed by atoms with Crippen LogP contribution in [0.25, 0.3) is 0 Å². The van der Waals surface area contributed by atoms with Crippen LogP contribution in [0.5, 0.6) is 5.75 Å². The second kappa shape index (κ2) is 4.42. The van der Waals surface area contributed by atoms with Crippen LogP contribution in [0, 0.1) is 0 Å². The summed E-state index contributed by atoms with van der Waals surface area (Å²) in [5, 5.41) is 3.47. The molecule has 3 heteroatoms. The van der Waals surface area contributed by atoms with Crippen molar-refractivity contribution in [2.45, 2.75) is 32.0 Å². The van der Waals surface area contributed by atoms with E-state index in [1.54, 1.807) is 7.11 Å². The zero-order valence-corrected chi connectivity index (χ0v) is 9.85. The van der Waals surface area contributed by atoms with Crippen LogP contribution in [-0.2, 0) is 12.2 Å². The minimum atomic E-state index is -0.479. The fourth-order valence-electron chi connectivity index (χ4n) is 2.37. The molecule has 1 aliphatic heterocycles. The first-order chi connectivity index (χ1) is 7.69. The zero-order valence-electron chi connectivity index (χ0n) is 9.85. The third-order valence-electron chi connectivity index (χ3n) is 3.43. The van der Waals surface area contributed by atoms with Gasteiger partial charge in [0.15, 0.2) is 0 Å². The first-order valence-electron chi connectivity index (χ1n) is 5.68. The molecule has 1 aliphatic rings. The minimum Gasteiger partial charge on any atom is -0.496 e. The summed E-state index contributed by atoms with van der Waals surface area (Å²) in [6.07, 6.45) is 2.28. The molecule has 2 rings (SSSR count). The maximum Gasteiger partial charge on any atom is 0.124 e. The number of nitrogens with one attached hydrogen (secondary N) is 1. The van der Waals surface area contributed by atoms with Gasteiger partial charge >= 0.3 is 0 Å². The highest BCUT2D eigenvalue weighted by molar-refractivity contribution is 5.39. The molecule has 1 atom stereocenters. The molecule has 2 nitrogen and oxygen atoms in total. The molecule has 1 aromatic rings. The molecule has 1 heterocycles. The van der Waals surface area contributed by atoms with E-state index in [0.29, 0.717) is 11.3 Å². The van der Waals surface area contributed by atoms with Gasteiger partial charge in [-0.3, -0.25) is 0 Å². The second-order valence-corrected chi connectivity index (χ2v) is 4.52. The third kappa shape index (κ3) is 1.92. The van der Waals surface area contributed by atoms with Gasteiger partial charge in [0.2, 0.25) is 0 Å². The van der Waals surface area contributed by atoms with E-state index in [1.807, 2.05) is 18.2 Å². The Morgan fingerprint density at radius 2 is 2.31 bits per heavy atom.